The molecule has 19 heavy (non-hydrogen) atoms. The van der Waals surface area contributed by atoms with Crippen molar-refractivity contribution in [2.45, 2.75) is 26.2 Å². The number of H-pyrrole nitrogens is 1. The number of hydrogen-bond acceptors (Lipinski definition) is 3. The third-order valence-electron chi connectivity index (χ3n) is 3.51. The van der Waals surface area contributed by atoms with Gasteiger partial charge in [-0.3, -0.25) is 5.10 Å². The van der Waals surface area contributed by atoms with E-state index >= 15 is 0 Å². The van der Waals surface area contributed by atoms with E-state index in [-0.39, 0.29) is 0 Å². The zero-order valence-electron chi connectivity index (χ0n) is 11.0. The summed E-state index contributed by atoms with van der Waals surface area (Å²) in [5.74, 6) is 1.32. The lowest BCUT2D eigenvalue weighted by atomic mass is 9.96. The molecule has 0 amide bonds. The summed E-state index contributed by atoms with van der Waals surface area (Å²) in [4.78, 5) is 0. The second-order valence-electron chi connectivity index (χ2n) is 5.01. The van der Waals surface area contributed by atoms with Gasteiger partial charge in [-0.15, -0.1) is 0 Å². The van der Waals surface area contributed by atoms with Crippen LogP contribution in [0.1, 0.15) is 36.6 Å². The van der Waals surface area contributed by atoms with E-state index in [2.05, 4.69) is 36.2 Å². The number of fused-ring (bicyclic) bond motifs is 3. The fourth-order valence-electron chi connectivity index (χ4n) is 2.55. The van der Waals surface area contributed by atoms with E-state index < -0.39 is 0 Å². The summed E-state index contributed by atoms with van der Waals surface area (Å²) in [6.07, 6.45) is 0.709. The maximum absolute atomic E-state index is 9.09. The normalized spacial score (nSPS) is 13.2. The first-order valence-electron chi connectivity index (χ1n) is 6.45. The molecule has 4 heteroatoms. The third kappa shape index (κ3) is 1.78. The Hall–Kier alpha value is -2.28. The minimum Gasteiger partial charge on any atom is -0.492 e. The molecule has 0 saturated carbocycles. The van der Waals surface area contributed by atoms with Crippen molar-refractivity contribution in [3.63, 3.8) is 0 Å². The summed E-state index contributed by atoms with van der Waals surface area (Å²) < 4.78 is 5.92. The van der Waals surface area contributed by atoms with Crippen molar-refractivity contribution in [2.75, 3.05) is 6.61 Å². The predicted molar refractivity (Wildman–Crippen MR) is 72.0 cm³/mol. The van der Waals surface area contributed by atoms with Crippen molar-refractivity contribution >= 4 is 0 Å². The average molecular weight is 253 g/mol. The number of nitrogens with zero attached hydrogens (tertiary/aromatic N) is 2. The number of aromatic nitrogens is 2. The molecule has 1 aliphatic rings. The van der Waals surface area contributed by atoms with Gasteiger partial charge in [0.2, 0.25) is 0 Å². The summed E-state index contributed by atoms with van der Waals surface area (Å²) in [6, 6.07) is 8.27. The summed E-state index contributed by atoms with van der Waals surface area (Å²) in [7, 11) is 0. The Bertz CT molecular complexity index is 665. The van der Waals surface area contributed by atoms with E-state index in [1.165, 1.54) is 5.56 Å². The predicted octanol–water partition coefficient (Wildman–Crippen LogP) is 3.01. The number of nitriles is 1. The van der Waals surface area contributed by atoms with Crippen molar-refractivity contribution in [3.8, 4) is 23.1 Å². The van der Waals surface area contributed by atoms with Crippen LogP contribution in [0.5, 0.6) is 5.75 Å². The maximum atomic E-state index is 9.09. The summed E-state index contributed by atoms with van der Waals surface area (Å²) in [5.41, 5.74) is 4.56. The number of ether oxygens (including phenoxy) is 1. The van der Waals surface area contributed by atoms with Crippen LogP contribution in [0.2, 0.25) is 0 Å². The standard InChI is InChI=1S/C15H15N3O/c1-9(2)10-4-3-5-12-14-11(6-7-19-15(10)12)13(8-16)17-18-14/h3-5,9H,6-7H2,1-2H3,(H,17,18). The van der Waals surface area contributed by atoms with Crippen molar-refractivity contribution < 1.29 is 4.74 Å². The fourth-order valence-corrected chi connectivity index (χ4v) is 2.55. The smallest absolute Gasteiger partial charge is 0.166 e. The molecule has 4 nitrogen and oxygen atoms in total. The molecule has 1 aromatic heterocycles. The molecule has 0 spiro atoms. The van der Waals surface area contributed by atoms with E-state index in [4.69, 9.17) is 10.00 Å². The van der Waals surface area contributed by atoms with Gasteiger partial charge in [0.1, 0.15) is 11.8 Å². The third-order valence-corrected chi connectivity index (χ3v) is 3.51. The first-order valence-corrected chi connectivity index (χ1v) is 6.45. The Morgan fingerprint density at radius 1 is 1.42 bits per heavy atom. The number of nitrogens with one attached hydrogen (secondary N) is 1. The molecule has 2 heterocycles. The Kier molecular flexibility index (Phi) is 2.75. The minimum atomic E-state index is 0.398. The molecule has 1 aromatic carbocycles. The highest BCUT2D eigenvalue weighted by atomic mass is 16.5. The average Bonchev–Trinajstić information content (AvgIpc) is 2.72. The SMILES string of the molecule is CC(C)c1cccc2c1OCCc1c(C#N)n[nH]c1-2. The summed E-state index contributed by atoms with van der Waals surface area (Å²) in [5, 5.41) is 16.2. The molecule has 0 atom stereocenters. The zero-order valence-corrected chi connectivity index (χ0v) is 11.0. The highest BCUT2D eigenvalue weighted by Gasteiger charge is 2.23. The Morgan fingerprint density at radius 2 is 2.26 bits per heavy atom. The van der Waals surface area contributed by atoms with Gasteiger partial charge in [0.25, 0.3) is 0 Å². The molecule has 0 bridgehead atoms. The molecular weight excluding hydrogens is 238 g/mol. The van der Waals surface area contributed by atoms with Crippen LogP contribution in [0.15, 0.2) is 18.2 Å². The van der Waals surface area contributed by atoms with Gasteiger partial charge in [-0.1, -0.05) is 26.0 Å². The van der Waals surface area contributed by atoms with Crippen LogP contribution in [-0.4, -0.2) is 16.8 Å². The highest BCUT2D eigenvalue weighted by molar-refractivity contribution is 5.74. The van der Waals surface area contributed by atoms with Crippen LogP contribution in [0, 0.1) is 11.3 Å². The van der Waals surface area contributed by atoms with E-state index in [0.717, 1.165) is 22.6 Å². The zero-order chi connectivity index (χ0) is 13.4. The molecule has 0 saturated heterocycles. The highest BCUT2D eigenvalue weighted by Crippen LogP contribution is 2.39. The second-order valence-corrected chi connectivity index (χ2v) is 5.01. The van der Waals surface area contributed by atoms with Crippen LogP contribution in [0.3, 0.4) is 0 Å². The van der Waals surface area contributed by atoms with Crippen molar-refractivity contribution in [3.05, 3.63) is 35.0 Å². The van der Waals surface area contributed by atoms with Crippen molar-refractivity contribution in [2.24, 2.45) is 0 Å². The number of rotatable bonds is 1. The van der Waals surface area contributed by atoms with Gasteiger partial charge in [0.15, 0.2) is 5.69 Å². The molecule has 1 N–H and O–H groups in total. The van der Waals surface area contributed by atoms with Crippen LogP contribution in [0.25, 0.3) is 11.3 Å². The molecule has 2 aromatic rings. The van der Waals surface area contributed by atoms with Gasteiger partial charge >= 0.3 is 0 Å². The van der Waals surface area contributed by atoms with Crippen LogP contribution >= 0.6 is 0 Å². The lowest BCUT2D eigenvalue weighted by Crippen LogP contribution is -2.02. The number of para-hydroxylation sites is 1. The quantitative estimate of drug-likeness (QED) is 0.849. The molecular formula is C15H15N3O. The van der Waals surface area contributed by atoms with E-state index in [1.54, 1.807) is 0 Å². The number of hydrogen-bond donors (Lipinski definition) is 1. The lowest BCUT2D eigenvalue weighted by Gasteiger charge is -2.15. The maximum Gasteiger partial charge on any atom is 0.166 e. The number of aromatic amines is 1. The van der Waals surface area contributed by atoms with Crippen LogP contribution in [0.4, 0.5) is 0 Å². The molecule has 96 valence electrons. The first-order chi connectivity index (χ1) is 9.22. The molecule has 0 unspecified atom stereocenters. The second kappa shape index (κ2) is 4.43. The topological polar surface area (TPSA) is 61.7 Å². The first kappa shape index (κ1) is 11.8. The van der Waals surface area contributed by atoms with Gasteiger partial charge in [-0.25, -0.2) is 0 Å². The van der Waals surface area contributed by atoms with Gasteiger partial charge in [0.05, 0.1) is 12.3 Å². The van der Waals surface area contributed by atoms with Gasteiger partial charge in [0, 0.05) is 17.5 Å². The molecule has 0 radical (unpaired) electrons. The molecule has 0 aliphatic carbocycles. The van der Waals surface area contributed by atoms with E-state index in [1.807, 2.05) is 12.1 Å². The Morgan fingerprint density at radius 3 is 3.00 bits per heavy atom. The monoisotopic (exact) mass is 253 g/mol. The minimum absolute atomic E-state index is 0.398. The Labute approximate surface area is 112 Å². The molecule has 0 fully saturated rings. The number of benzene rings is 1. The van der Waals surface area contributed by atoms with Gasteiger partial charge < -0.3 is 4.74 Å². The van der Waals surface area contributed by atoms with Crippen molar-refractivity contribution in [1.29, 1.82) is 5.26 Å². The lowest BCUT2D eigenvalue weighted by molar-refractivity contribution is 0.322. The van der Waals surface area contributed by atoms with E-state index in [9.17, 15) is 0 Å². The van der Waals surface area contributed by atoms with Gasteiger partial charge in [-0.2, -0.15) is 10.4 Å². The van der Waals surface area contributed by atoms with Crippen LogP contribution < -0.4 is 4.74 Å². The van der Waals surface area contributed by atoms with Crippen molar-refractivity contribution in [1.82, 2.24) is 10.2 Å². The summed E-state index contributed by atoms with van der Waals surface area (Å²) >= 11 is 0. The summed E-state index contributed by atoms with van der Waals surface area (Å²) in [6.45, 7) is 4.88. The largest absolute Gasteiger partial charge is 0.492 e. The fraction of sp³-hybridized carbons (Fsp3) is 0.333. The molecule has 1 aliphatic heterocycles. The Balaban J connectivity index is 2.25. The van der Waals surface area contributed by atoms with Crippen LogP contribution in [-0.2, 0) is 6.42 Å². The molecule has 3 rings (SSSR count). The van der Waals surface area contributed by atoms with Gasteiger partial charge in [-0.05, 0) is 17.5 Å². The van der Waals surface area contributed by atoms with E-state index in [0.29, 0.717) is 24.6 Å².